The van der Waals surface area contributed by atoms with Gasteiger partial charge in [-0.3, -0.25) is 0 Å². The molecule has 3 rings (SSSR count). The summed E-state index contributed by atoms with van der Waals surface area (Å²) in [5.41, 5.74) is 5.51. The number of hydrogen-bond donors (Lipinski definition) is 0. The van der Waals surface area contributed by atoms with Crippen molar-refractivity contribution in [2.75, 3.05) is 9.80 Å². The van der Waals surface area contributed by atoms with Crippen molar-refractivity contribution in [1.82, 2.24) is 0 Å². The van der Waals surface area contributed by atoms with Gasteiger partial charge in [0.2, 0.25) is 0 Å². The van der Waals surface area contributed by atoms with Crippen LogP contribution in [0, 0.1) is 18.3 Å². The van der Waals surface area contributed by atoms with Gasteiger partial charge in [-0.15, -0.1) is 0 Å². The Bertz CT molecular complexity index is 743. The van der Waals surface area contributed by atoms with Crippen LogP contribution in [0.1, 0.15) is 31.9 Å². The molecule has 0 spiro atoms. The van der Waals surface area contributed by atoms with Crippen LogP contribution in [-0.4, -0.2) is 12.2 Å². The average molecular weight is 291 g/mol. The molecule has 1 heterocycles. The molecular weight excluding hydrogens is 270 g/mol. The maximum absolute atomic E-state index is 9.07. The van der Waals surface area contributed by atoms with E-state index in [9.17, 15) is 0 Å². The largest absolute Gasteiger partial charge is 0.347 e. The second-order valence-electron chi connectivity index (χ2n) is 6.10. The van der Waals surface area contributed by atoms with E-state index in [4.69, 9.17) is 5.26 Å². The van der Waals surface area contributed by atoms with Crippen molar-refractivity contribution >= 4 is 17.1 Å². The van der Waals surface area contributed by atoms with Crippen molar-refractivity contribution in [2.24, 2.45) is 0 Å². The molecule has 0 amide bonds. The highest BCUT2D eigenvalue weighted by Crippen LogP contribution is 2.45. The van der Waals surface area contributed by atoms with Crippen LogP contribution in [0.4, 0.5) is 17.1 Å². The smallest absolute Gasteiger partial charge is 0.104 e. The number of benzene rings is 2. The van der Waals surface area contributed by atoms with Crippen LogP contribution in [0.15, 0.2) is 42.5 Å². The summed E-state index contributed by atoms with van der Waals surface area (Å²) in [6, 6.07) is 17.1. The maximum atomic E-state index is 9.07. The van der Waals surface area contributed by atoms with Crippen LogP contribution in [-0.2, 0) is 0 Å². The van der Waals surface area contributed by atoms with Gasteiger partial charge in [0.15, 0.2) is 0 Å². The molecule has 0 radical (unpaired) electrons. The van der Waals surface area contributed by atoms with Crippen LogP contribution < -0.4 is 9.80 Å². The molecule has 0 bridgehead atoms. The van der Waals surface area contributed by atoms with Gasteiger partial charge in [0.25, 0.3) is 0 Å². The monoisotopic (exact) mass is 291 g/mol. The fourth-order valence-corrected chi connectivity index (χ4v) is 3.45. The van der Waals surface area contributed by atoms with Crippen LogP contribution in [0.5, 0.6) is 0 Å². The Morgan fingerprint density at radius 1 is 1.05 bits per heavy atom. The zero-order valence-corrected chi connectivity index (χ0v) is 13.5. The molecule has 0 fully saturated rings. The van der Waals surface area contributed by atoms with Gasteiger partial charge in [-0.1, -0.05) is 12.1 Å². The molecule has 1 atom stereocenters. The Balaban J connectivity index is 2.14. The minimum atomic E-state index is 0.254. The van der Waals surface area contributed by atoms with Crippen LogP contribution >= 0.6 is 0 Å². The van der Waals surface area contributed by atoms with Crippen molar-refractivity contribution in [2.45, 2.75) is 39.9 Å². The van der Waals surface area contributed by atoms with Gasteiger partial charge in [-0.05, 0) is 63.6 Å². The number of nitriles is 1. The summed E-state index contributed by atoms with van der Waals surface area (Å²) in [4.78, 5) is 4.80. The summed E-state index contributed by atoms with van der Waals surface area (Å²) in [7, 11) is 0. The van der Waals surface area contributed by atoms with Gasteiger partial charge >= 0.3 is 0 Å². The predicted octanol–water partition coefficient (Wildman–Crippen LogP) is 4.58. The van der Waals surface area contributed by atoms with E-state index in [1.807, 2.05) is 12.1 Å². The molecule has 1 aliphatic heterocycles. The molecule has 3 heteroatoms. The first-order valence-electron chi connectivity index (χ1n) is 7.72. The summed E-state index contributed by atoms with van der Waals surface area (Å²) >= 11 is 0. The van der Waals surface area contributed by atoms with Crippen molar-refractivity contribution in [1.29, 1.82) is 5.26 Å². The zero-order chi connectivity index (χ0) is 15.9. The number of rotatable bonds is 2. The first kappa shape index (κ1) is 14.5. The van der Waals surface area contributed by atoms with E-state index in [-0.39, 0.29) is 6.17 Å². The summed E-state index contributed by atoms with van der Waals surface area (Å²) in [6.07, 6.45) is 0.254. The molecule has 2 aromatic carbocycles. The second kappa shape index (κ2) is 5.38. The summed E-state index contributed by atoms with van der Waals surface area (Å²) in [5.74, 6) is 0. The molecule has 1 aliphatic rings. The topological polar surface area (TPSA) is 30.3 Å². The fraction of sp³-hybridized carbons (Fsp3) is 0.316. The number of aryl methyl sites for hydroxylation is 1. The van der Waals surface area contributed by atoms with Gasteiger partial charge in [0.05, 0.1) is 23.0 Å². The number of anilines is 3. The number of hydrogen-bond acceptors (Lipinski definition) is 3. The van der Waals surface area contributed by atoms with E-state index in [0.29, 0.717) is 11.6 Å². The van der Waals surface area contributed by atoms with Gasteiger partial charge in [0.1, 0.15) is 6.17 Å². The van der Waals surface area contributed by atoms with Crippen molar-refractivity contribution in [3.8, 4) is 6.07 Å². The average Bonchev–Trinajstić information content (AvgIpc) is 2.79. The third-order valence-electron chi connectivity index (χ3n) is 4.34. The summed E-state index contributed by atoms with van der Waals surface area (Å²) < 4.78 is 0. The van der Waals surface area contributed by atoms with E-state index in [2.05, 4.69) is 73.9 Å². The standard InChI is InChI=1S/C19H21N3/c1-13(2)21-15(4)22(19-8-6-5-7-18(19)21)17-10-9-16(12-20)11-14(17)3/h5-11,13,15H,1-4H3/t15-/m1/s1. The van der Waals surface area contributed by atoms with Gasteiger partial charge < -0.3 is 9.80 Å². The molecule has 0 unspecified atom stereocenters. The minimum Gasteiger partial charge on any atom is -0.347 e. The Morgan fingerprint density at radius 2 is 1.73 bits per heavy atom. The molecule has 0 saturated heterocycles. The number of para-hydroxylation sites is 2. The highest BCUT2D eigenvalue weighted by atomic mass is 15.4. The normalized spacial score (nSPS) is 16.8. The van der Waals surface area contributed by atoms with Crippen LogP contribution in [0.25, 0.3) is 0 Å². The third kappa shape index (κ3) is 2.12. The maximum Gasteiger partial charge on any atom is 0.104 e. The van der Waals surface area contributed by atoms with Crippen molar-refractivity contribution < 1.29 is 0 Å². The van der Waals surface area contributed by atoms with Gasteiger partial charge in [0, 0.05) is 11.7 Å². The van der Waals surface area contributed by atoms with Crippen LogP contribution in [0.2, 0.25) is 0 Å². The zero-order valence-electron chi connectivity index (χ0n) is 13.5. The van der Waals surface area contributed by atoms with E-state index in [1.54, 1.807) is 0 Å². The Labute approximate surface area is 132 Å². The van der Waals surface area contributed by atoms with E-state index >= 15 is 0 Å². The molecule has 0 saturated carbocycles. The molecule has 3 nitrogen and oxygen atoms in total. The van der Waals surface area contributed by atoms with E-state index in [0.717, 1.165) is 5.56 Å². The van der Waals surface area contributed by atoms with Gasteiger partial charge in [-0.2, -0.15) is 5.26 Å². The molecule has 112 valence electrons. The number of fused-ring (bicyclic) bond motifs is 1. The lowest BCUT2D eigenvalue weighted by molar-refractivity contribution is 0.606. The molecule has 2 aromatic rings. The lowest BCUT2D eigenvalue weighted by Gasteiger charge is -2.33. The highest BCUT2D eigenvalue weighted by molar-refractivity contribution is 5.84. The SMILES string of the molecule is Cc1cc(C#N)ccc1N1c2ccccc2N(C(C)C)[C@H]1C. The third-order valence-corrected chi connectivity index (χ3v) is 4.34. The predicted molar refractivity (Wildman–Crippen MR) is 91.6 cm³/mol. The summed E-state index contributed by atoms with van der Waals surface area (Å²) in [5, 5.41) is 9.07. The minimum absolute atomic E-state index is 0.254. The molecule has 0 N–H and O–H groups in total. The van der Waals surface area contributed by atoms with Gasteiger partial charge in [-0.25, -0.2) is 0 Å². The number of nitrogens with zero attached hydrogens (tertiary/aromatic N) is 3. The molecule has 0 aliphatic carbocycles. The fourth-order valence-electron chi connectivity index (χ4n) is 3.45. The van der Waals surface area contributed by atoms with E-state index in [1.165, 1.54) is 17.1 Å². The second-order valence-corrected chi connectivity index (χ2v) is 6.10. The first-order valence-corrected chi connectivity index (χ1v) is 7.72. The Hall–Kier alpha value is -2.47. The lowest BCUT2D eigenvalue weighted by Crippen LogP contribution is -2.42. The molecular formula is C19H21N3. The molecule has 22 heavy (non-hydrogen) atoms. The van der Waals surface area contributed by atoms with Crippen molar-refractivity contribution in [3.63, 3.8) is 0 Å². The van der Waals surface area contributed by atoms with Crippen LogP contribution in [0.3, 0.4) is 0 Å². The highest BCUT2D eigenvalue weighted by Gasteiger charge is 2.35. The summed E-state index contributed by atoms with van der Waals surface area (Å²) in [6.45, 7) is 8.76. The lowest BCUT2D eigenvalue weighted by atomic mass is 10.1. The Morgan fingerprint density at radius 3 is 2.32 bits per heavy atom. The van der Waals surface area contributed by atoms with Crippen molar-refractivity contribution in [3.05, 3.63) is 53.6 Å². The van der Waals surface area contributed by atoms with E-state index < -0.39 is 0 Å². The Kier molecular flexibility index (Phi) is 3.54. The first-order chi connectivity index (χ1) is 10.5. The quantitative estimate of drug-likeness (QED) is 0.811. The molecule has 0 aromatic heterocycles.